The number of allylic oxidation sites excluding steroid dienone is 3. The second kappa shape index (κ2) is 10.1. The summed E-state index contributed by atoms with van der Waals surface area (Å²) in [7, 11) is 0. The minimum absolute atomic E-state index is 0.834. The summed E-state index contributed by atoms with van der Waals surface area (Å²) in [5.74, 6) is -27.2. The quantitative estimate of drug-likeness (QED) is 0.161. The highest BCUT2D eigenvalue weighted by molar-refractivity contribution is 6.05. The highest BCUT2D eigenvalue weighted by atomic mass is 19.2. The minimum atomic E-state index is -2.34. The molecule has 0 bridgehead atoms. The van der Waals surface area contributed by atoms with Crippen LogP contribution in [-0.4, -0.2) is 0 Å². The van der Waals surface area contributed by atoms with E-state index in [1.807, 2.05) is 0 Å². The van der Waals surface area contributed by atoms with Gasteiger partial charge in [-0.3, -0.25) is 0 Å². The third-order valence-electron chi connectivity index (χ3n) is 6.27. The summed E-state index contributed by atoms with van der Waals surface area (Å²) in [5.41, 5.74) is 8.55. The minimum Gasteiger partial charge on any atom is -0.398 e. The molecule has 1 aliphatic carbocycles. The summed E-state index contributed by atoms with van der Waals surface area (Å²) in [5, 5.41) is 8.78. The largest absolute Gasteiger partial charge is 0.398 e. The molecule has 0 aromatic heterocycles. The van der Waals surface area contributed by atoms with Crippen molar-refractivity contribution in [2.24, 2.45) is 17.2 Å². The average Bonchev–Trinajstić information content (AvgIpc) is 3.72. The van der Waals surface area contributed by atoms with Gasteiger partial charge in [-0.25, -0.2) is 52.7 Å². The fourth-order valence-electron chi connectivity index (χ4n) is 4.11. The number of benzene rings is 3. The highest BCUT2D eigenvalue weighted by Crippen LogP contribution is 2.55. The van der Waals surface area contributed by atoms with E-state index in [1.165, 1.54) is 0 Å². The first-order valence-corrected chi connectivity index (χ1v) is 10.9. The van der Waals surface area contributed by atoms with Crippen LogP contribution >= 0.6 is 0 Å². The SMILES string of the molecule is N#Cc1c(F)c(F)c(C(N)=C2C(=C(/N)c3c(F)c(F)c(N)c(F)c3F)/C2=C(/N)c2c(F)c(F)c(N)c(F)c2F)c(F)c1F. The maximum absolute atomic E-state index is 14.8. The molecular weight excluding hydrogens is 612 g/mol. The van der Waals surface area contributed by atoms with Crippen LogP contribution in [0, 0.1) is 81.1 Å². The molecule has 6 nitrogen and oxygen atoms in total. The van der Waals surface area contributed by atoms with E-state index in [0.717, 1.165) is 6.07 Å². The Balaban J connectivity index is 2.22. The molecule has 0 radical (unpaired) electrons. The van der Waals surface area contributed by atoms with Gasteiger partial charge in [0.25, 0.3) is 0 Å². The zero-order chi connectivity index (χ0) is 32.6. The van der Waals surface area contributed by atoms with Gasteiger partial charge in [0, 0.05) is 16.7 Å². The first-order valence-electron chi connectivity index (χ1n) is 10.9. The van der Waals surface area contributed by atoms with Crippen LogP contribution in [0.2, 0.25) is 0 Å². The van der Waals surface area contributed by atoms with E-state index in [-0.39, 0.29) is 0 Å². The first kappa shape index (κ1) is 30.5. The molecule has 18 heteroatoms. The third-order valence-corrected chi connectivity index (χ3v) is 6.27. The third kappa shape index (κ3) is 4.14. The van der Waals surface area contributed by atoms with Crippen LogP contribution in [0.3, 0.4) is 0 Å². The monoisotopic (exact) mass is 622 g/mol. The van der Waals surface area contributed by atoms with Crippen LogP contribution in [-0.2, 0) is 0 Å². The van der Waals surface area contributed by atoms with Gasteiger partial charge >= 0.3 is 0 Å². The molecule has 0 heterocycles. The maximum Gasteiger partial charge on any atom is 0.185 e. The van der Waals surface area contributed by atoms with E-state index in [1.54, 1.807) is 0 Å². The number of halogens is 12. The lowest BCUT2D eigenvalue weighted by Crippen LogP contribution is -2.12. The summed E-state index contributed by atoms with van der Waals surface area (Å²) < 4.78 is 174. The van der Waals surface area contributed by atoms with E-state index in [9.17, 15) is 52.7 Å². The van der Waals surface area contributed by atoms with Crippen molar-refractivity contribution in [3.63, 3.8) is 0 Å². The van der Waals surface area contributed by atoms with Crippen LogP contribution in [0.25, 0.3) is 17.1 Å². The van der Waals surface area contributed by atoms with Crippen molar-refractivity contribution >= 4 is 28.5 Å². The predicted molar refractivity (Wildman–Crippen MR) is 126 cm³/mol. The number of nitrogens with two attached hydrogens (primary N) is 5. The average molecular weight is 622 g/mol. The standard InChI is InChI=1S/C25H10F12N6/c26-9-2(1-38)10(27)12(29)6(11(9)28)21(39)3-4(22(40)7-13(30)17(34)24(42)18(35)14(7)31)5(3)23(41)8-15(32)19(36)25(43)20(37)16(8)33/h39-43H2/b21-3?,22-4-,23-5+. The second-order valence-electron chi connectivity index (χ2n) is 8.57. The van der Waals surface area contributed by atoms with Crippen molar-refractivity contribution in [2.75, 3.05) is 11.5 Å². The zero-order valence-electron chi connectivity index (χ0n) is 20.4. The van der Waals surface area contributed by atoms with Crippen molar-refractivity contribution in [1.82, 2.24) is 0 Å². The molecule has 1 fully saturated rings. The number of nitrogen functional groups attached to an aromatic ring is 2. The van der Waals surface area contributed by atoms with E-state index >= 15 is 0 Å². The normalized spacial score (nSPS) is 16.3. The number of rotatable bonds is 3. The molecule has 3 aromatic rings. The van der Waals surface area contributed by atoms with E-state index in [2.05, 4.69) is 0 Å². The Morgan fingerprint density at radius 2 is 0.605 bits per heavy atom. The van der Waals surface area contributed by atoms with Gasteiger partial charge in [-0.15, -0.1) is 0 Å². The van der Waals surface area contributed by atoms with Gasteiger partial charge in [-0.1, -0.05) is 0 Å². The van der Waals surface area contributed by atoms with Crippen molar-refractivity contribution in [2.45, 2.75) is 0 Å². The fraction of sp³-hybridized carbons (Fsp3) is 0. The Kier molecular flexibility index (Phi) is 7.17. The Labute approximate surface area is 230 Å². The van der Waals surface area contributed by atoms with E-state index in [0.29, 0.717) is 0 Å². The summed E-state index contributed by atoms with van der Waals surface area (Å²) >= 11 is 0. The molecule has 0 atom stereocenters. The number of hydrogen-bond acceptors (Lipinski definition) is 6. The summed E-state index contributed by atoms with van der Waals surface area (Å²) in [6.45, 7) is 0. The number of hydrogen-bond donors (Lipinski definition) is 5. The lowest BCUT2D eigenvalue weighted by Gasteiger charge is -2.10. The second-order valence-corrected chi connectivity index (χ2v) is 8.57. The Bertz CT molecular complexity index is 1780. The Morgan fingerprint density at radius 1 is 0.395 bits per heavy atom. The first-order chi connectivity index (χ1) is 19.9. The molecule has 10 N–H and O–H groups in total. The van der Waals surface area contributed by atoms with Crippen molar-refractivity contribution < 1.29 is 52.7 Å². The molecule has 0 unspecified atom stereocenters. The lowest BCUT2D eigenvalue weighted by atomic mass is 10.0. The molecule has 0 aliphatic heterocycles. The van der Waals surface area contributed by atoms with E-state index < -0.39 is 137 Å². The van der Waals surface area contributed by atoms with Crippen LogP contribution in [0.1, 0.15) is 22.3 Å². The topological polar surface area (TPSA) is 154 Å². The van der Waals surface area contributed by atoms with Gasteiger partial charge in [-0.05, 0) is 0 Å². The van der Waals surface area contributed by atoms with Crippen LogP contribution in [0.15, 0.2) is 16.7 Å². The van der Waals surface area contributed by atoms with Gasteiger partial charge in [0.2, 0.25) is 0 Å². The molecule has 1 aliphatic rings. The van der Waals surface area contributed by atoms with Crippen LogP contribution in [0.4, 0.5) is 64.1 Å². The van der Waals surface area contributed by atoms with Crippen LogP contribution < -0.4 is 28.7 Å². The lowest BCUT2D eigenvalue weighted by molar-refractivity contribution is 0.446. The molecule has 3 aromatic carbocycles. The number of nitrogens with zero attached hydrogens (tertiary/aromatic N) is 1. The fourth-order valence-corrected chi connectivity index (χ4v) is 4.11. The number of anilines is 2. The molecule has 0 amide bonds. The maximum atomic E-state index is 14.8. The van der Waals surface area contributed by atoms with Crippen molar-refractivity contribution in [3.8, 4) is 6.07 Å². The molecule has 1 saturated carbocycles. The Hall–Kier alpha value is -5.47. The molecule has 4 rings (SSSR count). The molecule has 43 heavy (non-hydrogen) atoms. The van der Waals surface area contributed by atoms with Gasteiger partial charge in [-0.2, -0.15) is 5.26 Å². The van der Waals surface area contributed by atoms with Crippen molar-refractivity contribution in [3.05, 3.63) is 109 Å². The molecule has 0 saturated heterocycles. The summed E-state index contributed by atoms with van der Waals surface area (Å²) in [6.07, 6.45) is 0. The highest BCUT2D eigenvalue weighted by Gasteiger charge is 2.44. The molecular formula is C25H10F12N6. The molecule has 224 valence electrons. The number of nitriles is 1. The van der Waals surface area contributed by atoms with Gasteiger partial charge < -0.3 is 28.7 Å². The van der Waals surface area contributed by atoms with Crippen molar-refractivity contribution in [1.29, 1.82) is 5.26 Å². The van der Waals surface area contributed by atoms with Gasteiger partial charge in [0.05, 0.1) is 33.8 Å². The molecule has 0 spiro atoms. The van der Waals surface area contributed by atoms with Crippen LogP contribution in [0.5, 0.6) is 0 Å². The zero-order valence-corrected chi connectivity index (χ0v) is 20.4. The Morgan fingerprint density at radius 3 is 0.814 bits per heavy atom. The smallest absolute Gasteiger partial charge is 0.185 e. The van der Waals surface area contributed by atoms with Gasteiger partial charge in [0.1, 0.15) is 23.0 Å². The van der Waals surface area contributed by atoms with Gasteiger partial charge in [0.15, 0.2) is 69.8 Å². The van der Waals surface area contributed by atoms with E-state index in [4.69, 9.17) is 33.9 Å². The summed E-state index contributed by atoms with van der Waals surface area (Å²) in [6, 6.07) is 0.834. The predicted octanol–water partition coefficient (Wildman–Crippen LogP) is 4.82. The summed E-state index contributed by atoms with van der Waals surface area (Å²) in [4.78, 5) is 0.